The molecule has 0 saturated carbocycles. The second kappa shape index (κ2) is 8.95. The summed E-state index contributed by atoms with van der Waals surface area (Å²) in [7, 11) is 0. The number of para-hydroxylation sites is 1. The molecule has 0 unspecified atom stereocenters. The van der Waals surface area contributed by atoms with Crippen molar-refractivity contribution in [2.45, 2.75) is 0 Å². The van der Waals surface area contributed by atoms with Gasteiger partial charge in [0.1, 0.15) is 11.2 Å². The molecule has 7 aromatic carbocycles. The Kier molecular flexibility index (Phi) is 4.93. The molecule has 2 aromatic heterocycles. The maximum Gasteiger partial charge on any atom is 0.145 e. The predicted molar refractivity (Wildman–Crippen MR) is 176 cm³/mol. The zero-order chi connectivity index (χ0) is 27.6. The molecule has 0 amide bonds. The molecule has 0 aliphatic rings. The number of rotatable bonds is 3. The molecule has 0 saturated heterocycles. The van der Waals surface area contributed by atoms with Gasteiger partial charge in [-0.3, -0.25) is 0 Å². The van der Waals surface area contributed by atoms with Crippen LogP contribution >= 0.6 is 0 Å². The zero-order valence-electron chi connectivity index (χ0n) is 22.8. The second-order valence-electron chi connectivity index (χ2n) is 11.0. The van der Waals surface area contributed by atoms with Crippen LogP contribution in [0.1, 0.15) is 0 Å². The molecule has 0 spiro atoms. The SMILES string of the molecule is c1ccc(-c2cc(-c3ccccc3)cc(-n3c4ccccc4c4c5oc6c7ccccc7ccc6c5ccc43)c2)cc1. The summed E-state index contributed by atoms with van der Waals surface area (Å²) in [5.41, 5.74) is 10.1. The molecule has 0 aliphatic heterocycles. The monoisotopic (exact) mass is 535 g/mol. The van der Waals surface area contributed by atoms with Crippen LogP contribution in [0.5, 0.6) is 0 Å². The Bertz CT molecular complexity index is 2390. The van der Waals surface area contributed by atoms with Gasteiger partial charge in [0.2, 0.25) is 0 Å². The summed E-state index contributed by atoms with van der Waals surface area (Å²) in [5, 5.41) is 6.97. The lowest BCUT2D eigenvalue weighted by Crippen LogP contribution is -1.96. The van der Waals surface area contributed by atoms with Crippen LogP contribution in [-0.4, -0.2) is 4.57 Å². The third kappa shape index (κ3) is 3.39. The first-order valence-electron chi connectivity index (χ1n) is 14.4. The Morgan fingerprint density at radius 3 is 1.71 bits per heavy atom. The van der Waals surface area contributed by atoms with Crippen molar-refractivity contribution in [2.24, 2.45) is 0 Å². The van der Waals surface area contributed by atoms with Gasteiger partial charge in [-0.15, -0.1) is 0 Å². The van der Waals surface area contributed by atoms with Crippen LogP contribution < -0.4 is 0 Å². The van der Waals surface area contributed by atoms with Gasteiger partial charge in [0.25, 0.3) is 0 Å². The molecule has 0 atom stereocenters. The van der Waals surface area contributed by atoms with Gasteiger partial charge in [-0.05, 0) is 70.1 Å². The van der Waals surface area contributed by atoms with Gasteiger partial charge in [0.15, 0.2) is 0 Å². The summed E-state index contributed by atoms with van der Waals surface area (Å²) in [4.78, 5) is 0. The van der Waals surface area contributed by atoms with E-state index >= 15 is 0 Å². The highest BCUT2D eigenvalue weighted by atomic mass is 16.3. The topological polar surface area (TPSA) is 18.1 Å². The van der Waals surface area contributed by atoms with Crippen molar-refractivity contribution in [1.29, 1.82) is 0 Å². The number of hydrogen-bond acceptors (Lipinski definition) is 1. The molecular weight excluding hydrogens is 510 g/mol. The number of fused-ring (bicyclic) bond motifs is 9. The van der Waals surface area contributed by atoms with Crippen LogP contribution in [0.25, 0.3) is 82.5 Å². The van der Waals surface area contributed by atoms with Crippen molar-refractivity contribution in [1.82, 2.24) is 4.57 Å². The first-order valence-corrected chi connectivity index (χ1v) is 14.4. The molecule has 0 radical (unpaired) electrons. The summed E-state index contributed by atoms with van der Waals surface area (Å²) < 4.78 is 9.21. The second-order valence-corrected chi connectivity index (χ2v) is 11.0. The fourth-order valence-electron chi connectivity index (χ4n) is 6.63. The summed E-state index contributed by atoms with van der Waals surface area (Å²) >= 11 is 0. The minimum atomic E-state index is 0.941. The normalized spacial score (nSPS) is 11.8. The number of aromatic nitrogens is 1. The van der Waals surface area contributed by atoms with Crippen molar-refractivity contribution in [3.05, 3.63) is 152 Å². The molecule has 2 nitrogen and oxygen atoms in total. The average molecular weight is 536 g/mol. The Balaban J connectivity index is 1.39. The highest BCUT2D eigenvalue weighted by Crippen LogP contribution is 2.43. The van der Waals surface area contributed by atoms with Gasteiger partial charge in [-0.25, -0.2) is 0 Å². The standard InChI is InChI=1S/C40H25NO/c1-3-11-26(12-4-1)29-23-30(27-13-5-2-6-14-27)25-31(24-29)41-36-18-10-9-17-35(36)38-37(41)22-21-34-33-20-19-28-15-7-8-16-32(28)39(33)42-40(34)38/h1-25H. The smallest absolute Gasteiger partial charge is 0.145 e. The van der Waals surface area contributed by atoms with E-state index in [1.165, 1.54) is 33.0 Å². The first-order chi connectivity index (χ1) is 20.8. The van der Waals surface area contributed by atoms with E-state index in [9.17, 15) is 0 Å². The zero-order valence-corrected chi connectivity index (χ0v) is 22.8. The van der Waals surface area contributed by atoms with E-state index in [1.807, 2.05) is 0 Å². The fourth-order valence-corrected chi connectivity index (χ4v) is 6.63. The maximum absolute atomic E-state index is 6.81. The Morgan fingerprint density at radius 1 is 0.381 bits per heavy atom. The van der Waals surface area contributed by atoms with E-state index in [0.717, 1.165) is 49.4 Å². The van der Waals surface area contributed by atoms with Crippen LogP contribution in [0.3, 0.4) is 0 Å². The largest absolute Gasteiger partial charge is 0.455 e. The lowest BCUT2D eigenvalue weighted by atomic mass is 9.98. The summed E-state index contributed by atoms with van der Waals surface area (Å²) in [6.45, 7) is 0. The van der Waals surface area contributed by atoms with Crippen molar-refractivity contribution in [2.75, 3.05) is 0 Å². The Labute approximate surface area is 242 Å². The summed E-state index contributed by atoms with van der Waals surface area (Å²) in [6, 6.07) is 54.2. The van der Waals surface area contributed by atoms with Crippen molar-refractivity contribution < 1.29 is 4.42 Å². The van der Waals surface area contributed by atoms with Gasteiger partial charge < -0.3 is 8.98 Å². The minimum absolute atomic E-state index is 0.941. The molecule has 9 aromatic rings. The molecule has 0 fully saturated rings. The van der Waals surface area contributed by atoms with E-state index in [4.69, 9.17) is 4.42 Å². The Hall–Kier alpha value is -5.60. The van der Waals surface area contributed by atoms with Crippen molar-refractivity contribution in [3.63, 3.8) is 0 Å². The molecule has 9 rings (SSSR count). The average Bonchev–Trinajstić information content (AvgIpc) is 3.61. The molecule has 2 heteroatoms. The van der Waals surface area contributed by atoms with E-state index < -0.39 is 0 Å². The molecule has 196 valence electrons. The number of benzene rings is 7. The minimum Gasteiger partial charge on any atom is -0.455 e. The third-order valence-corrected chi connectivity index (χ3v) is 8.56. The number of furan rings is 1. The molecule has 2 heterocycles. The van der Waals surface area contributed by atoms with Crippen LogP contribution in [0.2, 0.25) is 0 Å². The van der Waals surface area contributed by atoms with Crippen LogP contribution in [0.15, 0.2) is 156 Å². The van der Waals surface area contributed by atoms with Gasteiger partial charge in [-0.1, -0.05) is 109 Å². The highest BCUT2D eigenvalue weighted by Gasteiger charge is 2.20. The summed E-state index contributed by atoms with van der Waals surface area (Å²) in [5.74, 6) is 0. The van der Waals surface area contributed by atoms with Gasteiger partial charge >= 0.3 is 0 Å². The summed E-state index contributed by atoms with van der Waals surface area (Å²) in [6.07, 6.45) is 0. The Morgan fingerprint density at radius 2 is 0.976 bits per heavy atom. The fraction of sp³-hybridized carbons (Fsp3) is 0. The molecule has 0 bridgehead atoms. The van der Waals surface area contributed by atoms with Crippen LogP contribution in [0, 0.1) is 0 Å². The van der Waals surface area contributed by atoms with Crippen molar-refractivity contribution >= 4 is 54.5 Å². The predicted octanol–water partition coefficient (Wildman–Crippen LogP) is 11.2. The molecule has 42 heavy (non-hydrogen) atoms. The number of nitrogens with zero attached hydrogens (tertiary/aromatic N) is 1. The first kappa shape index (κ1) is 23.1. The van der Waals surface area contributed by atoms with E-state index in [0.29, 0.717) is 0 Å². The van der Waals surface area contributed by atoms with Crippen LogP contribution in [0.4, 0.5) is 0 Å². The van der Waals surface area contributed by atoms with Gasteiger partial charge in [0.05, 0.1) is 16.4 Å². The lowest BCUT2D eigenvalue weighted by molar-refractivity contribution is 0.676. The van der Waals surface area contributed by atoms with Crippen molar-refractivity contribution in [3.8, 4) is 27.9 Å². The van der Waals surface area contributed by atoms with Gasteiger partial charge in [-0.2, -0.15) is 0 Å². The van der Waals surface area contributed by atoms with E-state index in [1.54, 1.807) is 0 Å². The van der Waals surface area contributed by atoms with E-state index in [2.05, 4.69) is 156 Å². The number of hydrogen-bond donors (Lipinski definition) is 0. The quantitative estimate of drug-likeness (QED) is 0.220. The van der Waals surface area contributed by atoms with E-state index in [-0.39, 0.29) is 0 Å². The molecule has 0 N–H and O–H groups in total. The lowest BCUT2D eigenvalue weighted by Gasteiger charge is -2.14. The molecule has 0 aliphatic carbocycles. The third-order valence-electron chi connectivity index (χ3n) is 8.56. The maximum atomic E-state index is 6.81. The molecular formula is C40H25NO. The van der Waals surface area contributed by atoms with Gasteiger partial charge in [0, 0.05) is 27.2 Å². The van der Waals surface area contributed by atoms with Crippen LogP contribution in [-0.2, 0) is 0 Å². The highest BCUT2D eigenvalue weighted by molar-refractivity contribution is 6.26.